The van der Waals surface area contributed by atoms with Gasteiger partial charge in [0.05, 0.1) is 13.2 Å². The smallest absolute Gasteiger partial charge is 0.462 e. The summed E-state index contributed by atoms with van der Waals surface area (Å²) in [5.74, 6) is -0.821. The van der Waals surface area contributed by atoms with Gasteiger partial charge in [-0.15, -0.1) is 0 Å². The largest absolute Gasteiger partial charge is 0.472 e. The van der Waals surface area contributed by atoms with Gasteiger partial charge in [-0.1, -0.05) is 230 Å². The second-order valence-electron chi connectivity index (χ2n) is 17.8. The Morgan fingerprint density at radius 3 is 1.22 bits per heavy atom. The van der Waals surface area contributed by atoms with Crippen LogP contribution in [0.4, 0.5) is 0 Å². The summed E-state index contributed by atoms with van der Waals surface area (Å²) in [6.07, 6.45) is 57.9. The summed E-state index contributed by atoms with van der Waals surface area (Å²) in [6, 6.07) is 0. The first kappa shape index (κ1) is 61.2. The molecule has 2 unspecified atom stereocenters. The number of esters is 2. The van der Waals surface area contributed by atoms with Gasteiger partial charge in [0.25, 0.3) is 0 Å². The minimum Gasteiger partial charge on any atom is -0.462 e. The highest BCUT2D eigenvalue weighted by atomic mass is 31.2. The fraction of sp³-hybridized carbons (Fsp3) is 0.849. The topological polar surface area (TPSA) is 134 Å². The van der Waals surface area contributed by atoms with Crippen LogP contribution in [0.5, 0.6) is 0 Å². The number of hydrogen-bond donors (Lipinski definition) is 2. The number of carbonyl (C=O) groups is 2. The van der Waals surface area contributed by atoms with Crippen molar-refractivity contribution in [3.05, 3.63) is 36.5 Å². The number of allylic oxidation sites excluding steroid dienone is 6. The van der Waals surface area contributed by atoms with Crippen molar-refractivity contribution in [2.75, 3.05) is 26.4 Å². The van der Waals surface area contributed by atoms with E-state index in [4.69, 9.17) is 24.3 Å². The molecule has 0 saturated heterocycles. The van der Waals surface area contributed by atoms with Gasteiger partial charge in [0.1, 0.15) is 6.61 Å². The van der Waals surface area contributed by atoms with Gasteiger partial charge in [0.2, 0.25) is 0 Å². The molecule has 0 aromatic rings. The van der Waals surface area contributed by atoms with Crippen molar-refractivity contribution in [1.29, 1.82) is 0 Å². The normalized spacial score (nSPS) is 13.4. The standard InChI is InChI=1S/C53H100NO8P/c1-3-5-7-9-11-13-14-15-16-17-18-19-20-21-22-23-24-25-26-27-28-29-30-31-32-33-34-35-36-38-40-42-44-46-53(56)62-51(50-61-63(57,58)60-48-47-54)49-59-52(55)45-43-41-39-37-12-10-8-6-4-2/h14-15,17-18,20-21,51H,3-13,16,19,22-50,54H2,1-2H3,(H,57,58)/b15-14-,18-17-,21-20-. The third kappa shape index (κ3) is 49.5. The molecule has 0 spiro atoms. The number of phosphoric acid groups is 1. The van der Waals surface area contributed by atoms with Crippen LogP contribution in [0.1, 0.15) is 258 Å². The van der Waals surface area contributed by atoms with Crippen molar-refractivity contribution >= 4 is 19.8 Å². The Morgan fingerprint density at radius 1 is 0.476 bits per heavy atom. The Hall–Kier alpha value is -1.77. The summed E-state index contributed by atoms with van der Waals surface area (Å²) in [7, 11) is -4.37. The summed E-state index contributed by atoms with van der Waals surface area (Å²) in [4.78, 5) is 34.9. The molecule has 0 fully saturated rings. The van der Waals surface area contributed by atoms with Gasteiger partial charge in [0, 0.05) is 19.4 Å². The lowest BCUT2D eigenvalue weighted by Crippen LogP contribution is -2.29. The van der Waals surface area contributed by atoms with E-state index in [1.54, 1.807) is 0 Å². The third-order valence-corrected chi connectivity index (χ3v) is 12.5. The van der Waals surface area contributed by atoms with E-state index in [0.717, 1.165) is 44.9 Å². The molecule has 0 rings (SSSR count). The highest BCUT2D eigenvalue weighted by molar-refractivity contribution is 7.47. The fourth-order valence-electron chi connectivity index (χ4n) is 7.59. The first-order valence-electron chi connectivity index (χ1n) is 26.5. The molecule has 10 heteroatoms. The molecule has 370 valence electrons. The van der Waals surface area contributed by atoms with Crippen LogP contribution in [0.2, 0.25) is 0 Å². The van der Waals surface area contributed by atoms with Crippen molar-refractivity contribution in [2.24, 2.45) is 5.73 Å². The molecule has 3 N–H and O–H groups in total. The van der Waals surface area contributed by atoms with E-state index >= 15 is 0 Å². The van der Waals surface area contributed by atoms with E-state index in [9.17, 15) is 19.0 Å². The van der Waals surface area contributed by atoms with Crippen LogP contribution >= 0.6 is 7.82 Å². The molecule has 63 heavy (non-hydrogen) atoms. The van der Waals surface area contributed by atoms with Crippen molar-refractivity contribution in [3.63, 3.8) is 0 Å². The Bertz CT molecular complexity index is 1130. The summed E-state index contributed by atoms with van der Waals surface area (Å²) >= 11 is 0. The molecule has 0 heterocycles. The zero-order valence-corrected chi connectivity index (χ0v) is 42.0. The third-order valence-electron chi connectivity index (χ3n) is 11.5. The fourth-order valence-corrected chi connectivity index (χ4v) is 8.35. The summed E-state index contributed by atoms with van der Waals surface area (Å²) in [5.41, 5.74) is 5.35. The number of hydrogen-bond acceptors (Lipinski definition) is 8. The molecule has 9 nitrogen and oxygen atoms in total. The van der Waals surface area contributed by atoms with Gasteiger partial charge >= 0.3 is 19.8 Å². The average Bonchev–Trinajstić information content (AvgIpc) is 3.27. The Kier molecular flexibility index (Phi) is 48.3. The number of unbranched alkanes of at least 4 members (excludes halogenated alkanes) is 31. The molecule has 2 atom stereocenters. The molecule has 0 aliphatic carbocycles. The Balaban J connectivity index is 3.81. The monoisotopic (exact) mass is 910 g/mol. The van der Waals surface area contributed by atoms with Crippen LogP contribution in [0, 0.1) is 0 Å². The quantitative estimate of drug-likeness (QED) is 0.0265. The second-order valence-corrected chi connectivity index (χ2v) is 19.2. The maximum atomic E-state index is 12.6. The highest BCUT2D eigenvalue weighted by Gasteiger charge is 2.26. The van der Waals surface area contributed by atoms with Crippen LogP contribution in [0.3, 0.4) is 0 Å². The molecule has 0 aliphatic heterocycles. The minimum absolute atomic E-state index is 0.0554. The maximum absolute atomic E-state index is 12.6. The average molecular weight is 910 g/mol. The molecular weight excluding hydrogens is 810 g/mol. The van der Waals surface area contributed by atoms with Gasteiger partial charge in [-0.2, -0.15) is 0 Å². The molecule has 0 aromatic carbocycles. The number of rotatable bonds is 50. The number of carbonyl (C=O) groups excluding carboxylic acids is 2. The van der Waals surface area contributed by atoms with Crippen LogP contribution in [-0.4, -0.2) is 49.3 Å². The summed E-state index contributed by atoms with van der Waals surface area (Å²) in [5, 5.41) is 0. The van der Waals surface area contributed by atoms with Gasteiger partial charge in [-0.3, -0.25) is 18.6 Å². The first-order valence-corrected chi connectivity index (χ1v) is 28.0. The van der Waals surface area contributed by atoms with Crippen molar-refractivity contribution in [1.82, 2.24) is 0 Å². The van der Waals surface area contributed by atoms with Crippen LogP contribution < -0.4 is 5.73 Å². The van der Waals surface area contributed by atoms with Gasteiger partial charge in [-0.25, -0.2) is 4.57 Å². The summed E-state index contributed by atoms with van der Waals surface area (Å²) < 4.78 is 32.8. The van der Waals surface area contributed by atoms with E-state index in [-0.39, 0.29) is 38.6 Å². The second kappa shape index (κ2) is 49.7. The van der Waals surface area contributed by atoms with Gasteiger partial charge in [0.15, 0.2) is 6.10 Å². The van der Waals surface area contributed by atoms with Crippen molar-refractivity contribution < 1.29 is 37.6 Å². The molecular formula is C53H100NO8P. The predicted octanol–water partition coefficient (Wildman–Crippen LogP) is 16.1. The lowest BCUT2D eigenvalue weighted by atomic mass is 10.0. The lowest BCUT2D eigenvalue weighted by Gasteiger charge is -2.19. The molecule has 0 aromatic heterocycles. The van der Waals surface area contributed by atoms with Gasteiger partial charge in [-0.05, 0) is 51.4 Å². The Labute approximate surface area is 388 Å². The zero-order chi connectivity index (χ0) is 46.0. The predicted molar refractivity (Wildman–Crippen MR) is 266 cm³/mol. The van der Waals surface area contributed by atoms with E-state index < -0.39 is 26.5 Å². The van der Waals surface area contributed by atoms with E-state index in [1.165, 1.54) is 180 Å². The maximum Gasteiger partial charge on any atom is 0.472 e. The first-order chi connectivity index (χ1) is 30.8. The number of nitrogens with two attached hydrogens (primary N) is 1. The van der Waals surface area contributed by atoms with Crippen LogP contribution in [0.15, 0.2) is 36.5 Å². The highest BCUT2D eigenvalue weighted by Crippen LogP contribution is 2.43. The Morgan fingerprint density at radius 2 is 0.825 bits per heavy atom. The van der Waals surface area contributed by atoms with Crippen molar-refractivity contribution in [3.8, 4) is 0 Å². The lowest BCUT2D eigenvalue weighted by molar-refractivity contribution is -0.161. The zero-order valence-electron chi connectivity index (χ0n) is 41.1. The van der Waals surface area contributed by atoms with E-state index in [1.807, 2.05) is 0 Å². The minimum atomic E-state index is -4.37. The molecule has 0 radical (unpaired) electrons. The van der Waals surface area contributed by atoms with Crippen LogP contribution in [0.25, 0.3) is 0 Å². The molecule has 0 aliphatic rings. The molecule has 0 saturated carbocycles. The van der Waals surface area contributed by atoms with E-state index in [2.05, 4.69) is 50.3 Å². The number of phosphoric ester groups is 1. The molecule has 0 bridgehead atoms. The number of ether oxygens (including phenoxy) is 2. The van der Waals surface area contributed by atoms with E-state index in [0.29, 0.717) is 6.42 Å². The van der Waals surface area contributed by atoms with Crippen LogP contribution in [-0.2, 0) is 32.7 Å². The SMILES string of the molecule is CCCCCCC/C=C\C/C=C\C/C=C\CCCCCCCCCCCCCCCCCCCCC(=O)OC(COC(=O)CCCCCCCCCCC)COP(=O)(O)OCCN. The molecule has 0 amide bonds. The van der Waals surface area contributed by atoms with Crippen molar-refractivity contribution in [2.45, 2.75) is 264 Å². The van der Waals surface area contributed by atoms with Gasteiger partial charge < -0.3 is 20.1 Å². The summed E-state index contributed by atoms with van der Waals surface area (Å²) in [6.45, 7) is 3.72.